The van der Waals surface area contributed by atoms with Crippen LogP contribution in [0.25, 0.3) is 11.4 Å². The van der Waals surface area contributed by atoms with Crippen LogP contribution >= 0.6 is 0 Å². The molecule has 128 valence electrons. The Bertz CT molecular complexity index is 889. The van der Waals surface area contributed by atoms with Gasteiger partial charge in [0.15, 0.2) is 0 Å². The van der Waals surface area contributed by atoms with Crippen molar-refractivity contribution in [2.45, 2.75) is 13.5 Å². The van der Waals surface area contributed by atoms with Gasteiger partial charge in [-0.25, -0.2) is 0 Å². The summed E-state index contributed by atoms with van der Waals surface area (Å²) < 4.78 is 10.5. The van der Waals surface area contributed by atoms with Crippen LogP contribution in [-0.4, -0.2) is 35.1 Å². The molecule has 3 aromatic rings. The number of rotatable bonds is 5. The van der Waals surface area contributed by atoms with E-state index in [0.29, 0.717) is 23.0 Å². The van der Waals surface area contributed by atoms with Gasteiger partial charge >= 0.3 is 0 Å². The van der Waals surface area contributed by atoms with E-state index < -0.39 is 0 Å². The summed E-state index contributed by atoms with van der Waals surface area (Å²) in [6.07, 6.45) is 0. The van der Waals surface area contributed by atoms with Gasteiger partial charge in [0.1, 0.15) is 12.3 Å². The molecule has 0 aliphatic rings. The molecule has 0 saturated carbocycles. The fraction of sp³-hybridized carbons (Fsp3) is 0.211. The number of benzene rings is 2. The molecular formula is C19H19N3O3. The highest BCUT2D eigenvalue weighted by Gasteiger charge is 2.19. The third kappa shape index (κ3) is 3.68. The summed E-state index contributed by atoms with van der Waals surface area (Å²) in [5.74, 6) is 1.25. The molecule has 1 amide bonds. The van der Waals surface area contributed by atoms with Crippen molar-refractivity contribution in [2.24, 2.45) is 0 Å². The molecule has 6 nitrogen and oxygen atoms in total. The van der Waals surface area contributed by atoms with Crippen molar-refractivity contribution < 1.29 is 14.1 Å². The minimum Gasteiger partial charge on any atom is -0.496 e. The number of nitrogens with zero attached hydrogens (tertiary/aromatic N) is 3. The highest BCUT2D eigenvalue weighted by molar-refractivity contribution is 5.96. The minimum atomic E-state index is -0.173. The number of methoxy groups -OCH3 is 1. The second-order valence-electron chi connectivity index (χ2n) is 5.74. The van der Waals surface area contributed by atoms with Crippen molar-refractivity contribution in [1.82, 2.24) is 15.0 Å². The van der Waals surface area contributed by atoms with Crippen molar-refractivity contribution >= 4 is 5.91 Å². The highest BCUT2D eigenvalue weighted by Crippen LogP contribution is 2.21. The average Bonchev–Trinajstić information content (AvgIpc) is 3.09. The van der Waals surface area contributed by atoms with Crippen LogP contribution in [0.2, 0.25) is 0 Å². The maximum Gasteiger partial charge on any atom is 0.257 e. The molecule has 0 atom stereocenters. The van der Waals surface area contributed by atoms with Gasteiger partial charge in [0, 0.05) is 12.6 Å². The number of carbonyl (C=O) groups excluding carboxylic acids is 1. The smallest absolute Gasteiger partial charge is 0.257 e. The number of hydrogen-bond donors (Lipinski definition) is 0. The lowest BCUT2D eigenvalue weighted by molar-refractivity contribution is 0.0766. The summed E-state index contributed by atoms with van der Waals surface area (Å²) in [6, 6.07) is 15.0. The largest absolute Gasteiger partial charge is 0.496 e. The van der Waals surface area contributed by atoms with Crippen LogP contribution in [0.4, 0.5) is 0 Å². The Morgan fingerprint density at radius 1 is 1.20 bits per heavy atom. The van der Waals surface area contributed by atoms with Crippen LogP contribution in [0.3, 0.4) is 0 Å². The van der Waals surface area contributed by atoms with Crippen LogP contribution in [0, 0.1) is 6.92 Å². The second-order valence-corrected chi connectivity index (χ2v) is 5.74. The highest BCUT2D eigenvalue weighted by atomic mass is 16.5. The van der Waals surface area contributed by atoms with Crippen molar-refractivity contribution in [2.75, 3.05) is 14.2 Å². The number of hydrogen-bond acceptors (Lipinski definition) is 5. The Labute approximate surface area is 146 Å². The summed E-state index contributed by atoms with van der Waals surface area (Å²) in [5.41, 5.74) is 2.49. The zero-order chi connectivity index (χ0) is 17.8. The van der Waals surface area contributed by atoms with Crippen molar-refractivity contribution in [3.63, 3.8) is 0 Å². The van der Waals surface area contributed by atoms with Crippen LogP contribution in [0.5, 0.6) is 5.75 Å². The Kier molecular flexibility index (Phi) is 4.79. The molecule has 0 bridgehead atoms. The maximum atomic E-state index is 12.6. The van der Waals surface area contributed by atoms with Gasteiger partial charge in [-0.3, -0.25) is 4.79 Å². The topological polar surface area (TPSA) is 68.5 Å². The average molecular weight is 337 g/mol. The molecule has 0 aliphatic heterocycles. The molecule has 1 aromatic heterocycles. The summed E-state index contributed by atoms with van der Waals surface area (Å²) in [7, 11) is 3.23. The van der Waals surface area contributed by atoms with E-state index >= 15 is 0 Å². The molecular weight excluding hydrogens is 318 g/mol. The molecule has 0 N–H and O–H groups in total. The minimum absolute atomic E-state index is 0.173. The van der Waals surface area contributed by atoms with E-state index in [9.17, 15) is 4.79 Å². The molecule has 0 unspecified atom stereocenters. The third-order valence-corrected chi connectivity index (χ3v) is 3.80. The molecule has 25 heavy (non-hydrogen) atoms. The number of ether oxygens (including phenoxy) is 1. The Hall–Kier alpha value is -3.15. The number of aryl methyl sites for hydroxylation is 1. The quantitative estimate of drug-likeness (QED) is 0.714. The van der Waals surface area contributed by atoms with Gasteiger partial charge in [0.05, 0.1) is 12.7 Å². The SMILES string of the molecule is COc1ccccc1C(=O)N(C)Cc1nc(-c2cccc(C)c2)no1. The molecule has 0 fully saturated rings. The van der Waals surface area contributed by atoms with Crippen molar-refractivity contribution in [3.8, 4) is 17.1 Å². The van der Waals surface area contributed by atoms with Crippen LogP contribution < -0.4 is 4.74 Å². The molecule has 0 aliphatic carbocycles. The first-order valence-electron chi connectivity index (χ1n) is 7.86. The molecule has 0 radical (unpaired) electrons. The van der Waals surface area contributed by atoms with E-state index in [4.69, 9.17) is 9.26 Å². The van der Waals surface area contributed by atoms with Crippen LogP contribution in [0.15, 0.2) is 53.1 Å². The number of aromatic nitrogens is 2. The molecule has 1 heterocycles. The van der Waals surface area contributed by atoms with E-state index in [-0.39, 0.29) is 12.5 Å². The van der Waals surface area contributed by atoms with Gasteiger partial charge in [0.2, 0.25) is 11.7 Å². The Morgan fingerprint density at radius 2 is 2.00 bits per heavy atom. The zero-order valence-corrected chi connectivity index (χ0v) is 14.4. The lowest BCUT2D eigenvalue weighted by atomic mass is 10.1. The summed E-state index contributed by atoms with van der Waals surface area (Å²) in [5, 5.41) is 4.00. The summed E-state index contributed by atoms with van der Waals surface area (Å²) in [6.45, 7) is 2.22. The van der Waals surface area contributed by atoms with E-state index in [2.05, 4.69) is 10.1 Å². The van der Waals surface area contributed by atoms with Gasteiger partial charge in [-0.05, 0) is 25.1 Å². The number of amides is 1. The monoisotopic (exact) mass is 337 g/mol. The molecule has 2 aromatic carbocycles. The third-order valence-electron chi connectivity index (χ3n) is 3.80. The first kappa shape index (κ1) is 16.7. The predicted octanol–water partition coefficient (Wildman–Crippen LogP) is 3.33. The van der Waals surface area contributed by atoms with E-state index in [1.165, 1.54) is 12.0 Å². The number of para-hydroxylation sites is 1. The Balaban J connectivity index is 1.75. The Morgan fingerprint density at radius 3 is 2.76 bits per heavy atom. The lowest BCUT2D eigenvalue weighted by Crippen LogP contribution is -2.26. The van der Waals surface area contributed by atoms with Crippen LogP contribution in [-0.2, 0) is 6.54 Å². The van der Waals surface area contributed by atoms with Gasteiger partial charge < -0.3 is 14.2 Å². The number of carbonyl (C=O) groups is 1. The molecule has 6 heteroatoms. The van der Waals surface area contributed by atoms with Gasteiger partial charge in [-0.15, -0.1) is 0 Å². The van der Waals surface area contributed by atoms with Crippen molar-refractivity contribution in [1.29, 1.82) is 0 Å². The van der Waals surface area contributed by atoms with E-state index in [0.717, 1.165) is 11.1 Å². The zero-order valence-electron chi connectivity index (χ0n) is 14.4. The molecule has 3 rings (SSSR count). The predicted molar refractivity (Wildman–Crippen MR) is 93.3 cm³/mol. The van der Waals surface area contributed by atoms with Gasteiger partial charge in [-0.1, -0.05) is 41.1 Å². The van der Waals surface area contributed by atoms with Crippen LogP contribution in [0.1, 0.15) is 21.8 Å². The van der Waals surface area contributed by atoms with E-state index in [1.807, 2.05) is 37.3 Å². The first-order chi connectivity index (χ1) is 12.1. The lowest BCUT2D eigenvalue weighted by Gasteiger charge is -2.16. The molecule has 0 spiro atoms. The van der Waals surface area contributed by atoms with E-state index in [1.54, 1.807) is 25.2 Å². The summed E-state index contributed by atoms with van der Waals surface area (Å²) >= 11 is 0. The fourth-order valence-electron chi connectivity index (χ4n) is 2.52. The normalized spacial score (nSPS) is 10.5. The maximum absolute atomic E-state index is 12.6. The summed E-state index contributed by atoms with van der Waals surface area (Å²) in [4.78, 5) is 18.5. The standard InChI is InChI=1S/C19H19N3O3/c1-13-7-6-8-14(11-13)18-20-17(25-21-18)12-22(2)19(23)15-9-4-5-10-16(15)24-3/h4-11H,12H2,1-3H3. The van der Waals surface area contributed by atoms with Gasteiger partial charge in [0.25, 0.3) is 5.91 Å². The first-order valence-corrected chi connectivity index (χ1v) is 7.86. The second kappa shape index (κ2) is 7.17. The van der Waals surface area contributed by atoms with Crippen molar-refractivity contribution in [3.05, 3.63) is 65.5 Å². The molecule has 0 saturated heterocycles. The fourth-order valence-corrected chi connectivity index (χ4v) is 2.52. The van der Waals surface area contributed by atoms with Gasteiger partial charge in [-0.2, -0.15) is 4.98 Å².